The van der Waals surface area contributed by atoms with E-state index in [0.717, 1.165) is 22.8 Å². The minimum atomic E-state index is -0.232. The van der Waals surface area contributed by atoms with Crippen molar-refractivity contribution in [3.05, 3.63) is 139 Å². The summed E-state index contributed by atoms with van der Waals surface area (Å²) in [6.45, 7) is 2.04. The molecule has 2 N–H and O–H groups in total. The number of benzene rings is 3. The van der Waals surface area contributed by atoms with E-state index in [-0.39, 0.29) is 24.6 Å². The lowest BCUT2D eigenvalue weighted by molar-refractivity contribution is -0.118. The third-order valence-corrected chi connectivity index (χ3v) is 7.41. The number of anilines is 2. The van der Waals surface area contributed by atoms with Gasteiger partial charge in [-0.3, -0.25) is 9.78 Å². The van der Waals surface area contributed by atoms with Gasteiger partial charge in [0.05, 0.1) is 11.7 Å². The zero-order valence-corrected chi connectivity index (χ0v) is 23.3. The molecule has 1 saturated heterocycles. The SMILES string of the molecule is Cc1ccccc1-n1cccc1[C@H]1[C@@H](c2ccccn2)NC(=S)N1c1ccc(NC(=O)COc2ccccc2)cc1. The highest BCUT2D eigenvalue weighted by Crippen LogP contribution is 2.42. The lowest BCUT2D eigenvalue weighted by atomic mass is 10.0. The van der Waals surface area contributed by atoms with Crippen LogP contribution >= 0.6 is 12.2 Å². The van der Waals surface area contributed by atoms with Crippen molar-refractivity contribution in [2.24, 2.45) is 0 Å². The van der Waals surface area contributed by atoms with Crippen LogP contribution in [-0.4, -0.2) is 27.2 Å². The Bertz CT molecular complexity index is 1650. The fraction of sp³-hybridized carbons (Fsp3) is 0.121. The normalized spacial score (nSPS) is 16.3. The molecule has 0 radical (unpaired) electrons. The molecule has 3 heterocycles. The molecule has 204 valence electrons. The van der Waals surface area contributed by atoms with Crippen molar-refractivity contribution >= 4 is 34.6 Å². The molecule has 0 unspecified atom stereocenters. The Morgan fingerprint density at radius 1 is 0.927 bits per heavy atom. The quantitative estimate of drug-likeness (QED) is 0.215. The van der Waals surface area contributed by atoms with Crippen LogP contribution in [-0.2, 0) is 4.79 Å². The first-order valence-electron chi connectivity index (χ1n) is 13.4. The number of amides is 1. The number of nitrogens with zero attached hydrogens (tertiary/aromatic N) is 3. The van der Waals surface area contributed by atoms with Gasteiger partial charge in [-0.25, -0.2) is 0 Å². The summed E-state index contributed by atoms with van der Waals surface area (Å²) in [5.74, 6) is 0.418. The first-order chi connectivity index (χ1) is 20.1. The third-order valence-electron chi connectivity index (χ3n) is 7.10. The van der Waals surface area contributed by atoms with E-state index in [1.54, 1.807) is 6.20 Å². The predicted molar refractivity (Wildman–Crippen MR) is 165 cm³/mol. The molecule has 5 aromatic rings. The molecule has 1 aliphatic rings. The maximum absolute atomic E-state index is 12.5. The average Bonchev–Trinajstić information content (AvgIpc) is 3.62. The number of hydrogen-bond acceptors (Lipinski definition) is 4. The lowest BCUT2D eigenvalue weighted by Gasteiger charge is -2.29. The Labute approximate surface area is 244 Å². The molecular weight excluding hydrogens is 530 g/mol. The smallest absolute Gasteiger partial charge is 0.262 e. The average molecular weight is 560 g/mol. The highest BCUT2D eigenvalue weighted by Gasteiger charge is 2.42. The van der Waals surface area contributed by atoms with Crippen molar-refractivity contribution < 1.29 is 9.53 Å². The predicted octanol–water partition coefficient (Wildman–Crippen LogP) is 6.38. The molecule has 7 nitrogen and oxygen atoms in total. The van der Waals surface area contributed by atoms with Crippen LogP contribution in [0.25, 0.3) is 5.69 Å². The summed E-state index contributed by atoms with van der Waals surface area (Å²) >= 11 is 5.91. The van der Waals surface area contributed by atoms with Crippen LogP contribution in [0.5, 0.6) is 5.75 Å². The van der Waals surface area contributed by atoms with Gasteiger partial charge in [-0.15, -0.1) is 0 Å². The summed E-state index contributed by atoms with van der Waals surface area (Å²) in [7, 11) is 0. The Balaban J connectivity index is 1.29. The third kappa shape index (κ3) is 5.55. The molecule has 0 bridgehead atoms. The van der Waals surface area contributed by atoms with Gasteiger partial charge < -0.3 is 24.8 Å². The maximum atomic E-state index is 12.5. The van der Waals surface area contributed by atoms with Crippen molar-refractivity contribution in [1.29, 1.82) is 0 Å². The first-order valence-corrected chi connectivity index (χ1v) is 13.8. The Morgan fingerprint density at radius 2 is 1.68 bits per heavy atom. The van der Waals surface area contributed by atoms with Gasteiger partial charge in [0.25, 0.3) is 5.91 Å². The van der Waals surface area contributed by atoms with E-state index in [2.05, 4.69) is 68.5 Å². The lowest BCUT2D eigenvalue weighted by Crippen LogP contribution is -2.30. The molecule has 2 atom stereocenters. The second-order valence-corrected chi connectivity index (χ2v) is 10.2. The number of carbonyl (C=O) groups is 1. The fourth-order valence-electron chi connectivity index (χ4n) is 5.19. The van der Waals surface area contributed by atoms with Crippen molar-refractivity contribution in [3.63, 3.8) is 0 Å². The second kappa shape index (κ2) is 11.7. The molecule has 6 rings (SSSR count). The van der Waals surface area contributed by atoms with Crippen LogP contribution in [0, 0.1) is 6.92 Å². The number of aryl methyl sites for hydroxylation is 1. The van der Waals surface area contributed by atoms with Crippen molar-refractivity contribution in [1.82, 2.24) is 14.9 Å². The summed E-state index contributed by atoms with van der Waals surface area (Å²) in [6, 6.07) is 35.1. The van der Waals surface area contributed by atoms with Gasteiger partial charge >= 0.3 is 0 Å². The van der Waals surface area contributed by atoms with E-state index >= 15 is 0 Å². The van der Waals surface area contributed by atoms with Gasteiger partial charge in [-0.1, -0.05) is 42.5 Å². The maximum Gasteiger partial charge on any atom is 0.262 e. The van der Waals surface area contributed by atoms with Crippen LogP contribution < -0.4 is 20.3 Å². The fourth-order valence-corrected chi connectivity index (χ4v) is 5.54. The molecule has 1 fully saturated rings. The minimum absolute atomic E-state index is 0.0738. The van der Waals surface area contributed by atoms with E-state index < -0.39 is 0 Å². The molecule has 1 aliphatic heterocycles. The zero-order valence-electron chi connectivity index (χ0n) is 22.5. The zero-order chi connectivity index (χ0) is 28.2. The van der Waals surface area contributed by atoms with Crippen molar-refractivity contribution in [2.75, 3.05) is 16.8 Å². The largest absolute Gasteiger partial charge is 0.484 e. The molecule has 2 aromatic heterocycles. The van der Waals surface area contributed by atoms with Gasteiger partial charge in [0.15, 0.2) is 11.7 Å². The van der Waals surface area contributed by atoms with Gasteiger partial charge in [0.2, 0.25) is 0 Å². The number of para-hydroxylation sites is 2. The van der Waals surface area contributed by atoms with Gasteiger partial charge in [0.1, 0.15) is 11.8 Å². The molecule has 0 spiro atoms. The molecule has 41 heavy (non-hydrogen) atoms. The monoisotopic (exact) mass is 559 g/mol. The number of nitrogens with one attached hydrogen (secondary N) is 2. The minimum Gasteiger partial charge on any atom is -0.484 e. The highest BCUT2D eigenvalue weighted by atomic mass is 32.1. The molecule has 0 saturated carbocycles. The van der Waals surface area contributed by atoms with Crippen molar-refractivity contribution in [3.8, 4) is 11.4 Å². The standard InChI is InChI=1S/C33H29N5O2S/c1-23-10-5-6-14-28(23)37-21-9-15-29(37)32-31(27-13-7-8-20-34-27)36-33(41)38(32)25-18-16-24(17-19-25)35-30(39)22-40-26-11-3-2-4-12-26/h2-21,31-32H,22H2,1H3,(H,35,39)(H,36,41)/t31-,32+/m1/s1. The summed E-state index contributed by atoms with van der Waals surface area (Å²) in [4.78, 5) is 19.3. The summed E-state index contributed by atoms with van der Waals surface area (Å²) in [5.41, 5.74) is 5.85. The Kier molecular flexibility index (Phi) is 7.47. The van der Waals surface area contributed by atoms with Gasteiger partial charge in [0, 0.05) is 35.1 Å². The Hall–Kier alpha value is -4.95. The van der Waals surface area contributed by atoms with Crippen LogP contribution in [0.3, 0.4) is 0 Å². The number of pyridine rings is 1. The van der Waals surface area contributed by atoms with Crippen LogP contribution in [0.2, 0.25) is 0 Å². The number of thiocarbonyl (C=S) groups is 1. The van der Waals surface area contributed by atoms with E-state index in [1.807, 2.05) is 78.9 Å². The topological polar surface area (TPSA) is 71.4 Å². The summed E-state index contributed by atoms with van der Waals surface area (Å²) < 4.78 is 7.79. The summed E-state index contributed by atoms with van der Waals surface area (Å²) in [6.07, 6.45) is 3.89. The number of rotatable bonds is 8. The molecule has 0 aliphatic carbocycles. The number of aromatic nitrogens is 2. The first kappa shape index (κ1) is 26.3. The summed E-state index contributed by atoms with van der Waals surface area (Å²) in [5, 5.41) is 7.04. The Morgan fingerprint density at radius 3 is 2.44 bits per heavy atom. The van der Waals surface area contributed by atoms with E-state index in [9.17, 15) is 4.79 Å². The van der Waals surface area contributed by atoms with Crippen LogP contribution in [0.1, 0.15) is 29.0 Å². The van der Waals surface area contributed by atoms with Gasteiger partial charge in [-0.2, -0.15) is 0 Å². The van der Waals surface area contributed by atoms with E-state index in [0.29, 0.717) is 16.5 Å². The van der Waals surface area contributed by atoms with Gasteiger partial charge in [-0.05, 0) is 91.4 Å². The molecule has 3 aromatic carbocycles. The second-order valence-electron chi connectivity index (χ2n) is 9.78. The molecule has 1 amide bonds. The van der Waals surface area contributed by atoms with E-state index in [4.69, 9.17) is 17.0 Å². The van der Waals surface area contributed by atoms with Crippen LogP contribution in [0.15, 0.2) is 122 Å². The number of hydrogen-bond donors (Lipinski definition) is 2. The van der Waals surface area contributed by atoms with Crippen molar-refractivity contribution in [2.45, 2.75) is 19.0 Å². The van der Waals surface area contributed by atoms with E-state index in [1.165, 1.54) is 5.56 Å². The number of carbonyl (C=O) groups excluding carboxylic acids is 1. The molecule has 8 heteroatoms. The molecular formula is C33H29N5O2S. The highest BCUT2D eigenvalue weighted by molar-refractivity contribution is 7.80. The van der Waals surface area contributed by atoms with Crippen LogP contribution in [0.4, 0.5) is 11.4 Å². The number of ether oxygens (including phenoxy) is 1.